The van der Waals surface area contributed by atoms with Crippen molar-refractivity contribution >= 4 is 23.2 Å². The van der Waals surface area contributed by atoms with Gasteiger partial charge in [-0.25, -0.2) is 0 Å². The van der Waals surface area contributed by atoms with Crippen LogP contribution < -0.4 is 16.0 Å². The van der Waals surface area contributed by atoms with Gasteiger partial charge < -0.3 is 34.9 Å². The van der Waals surface area contributed by atoms with Crippen LogP contribution in [0.5, 0.6) is 0 Å². The summed E-state index contributed by atoms with van der Waals surface area (Å²) in [5.41, 5.74) is 2.18. The second kappa shape index (κ2) is 16.9. The summed E-state index contributed by atoms with van der Waals surface area (Å²) in [6.45, 7) is 7.86. The second-order valence-corrected chi connectivity index (χ2v) is 9.68. The van der Waals surface area contributed by atoms with Crippen LogP contribution in [0.4, 0.5) is 5.69 Å². The molecular formula is C30H40N4O7. The standard InChI is InChI=1S/C30H40N4O7/c35-27(22-34-12-16-40-20-18-38-14-10-31-11-15-39-19-21-41-17-13-34)33-9-8-32-26-7-3-6-25-28(26)30(37)24-5-2-1-4-23(24)29(25)36/h1-7,31-32H,8-22H2,(H,33,35). The van der Waals surface area contributed by atoms with Gasteiger partial charge in [0, 0.05) is 61.6 Å². The van der Waals surface area contributed by atoms with E-state index in [1.165, 1.54) is 0 Å². The van der Waals surface area contributed by atoms with Crippen LogP contribution in [0.25, 0.3) is 0 Å². The number of nitrogens with one attached hydrogen (secondary N) is 3. The molecule has 11 nitrogen and oxygen atoms in total. The van der Waals surface area contributed by atoms with Crippen molar-refractivity contribution in [2.24, 2.45) is 0 Å². The van der Waals surface area contributed by atoms with Crippen molar-refractivity contribution in [3.05, 3.63) is 64.7 Å². The molecule has 41 heavy (non-hydrogen) atoms. The van der Waals surface area contributed by atoms with Gasteiger partial charge >= 0.3 is 0 Å². The first-order valence-corrected chi connectivity index (χ1v) is 14.2. The Labute approximate surface area is 240 Å². The summed E-state index contributed by atoms with van der Waals surface area (Å²) in [7, 11) is 0. The summed E-state index contributed by atoms with van der Waals surface area (Å²) < 4.78 is 22.5. The molecule has 222 valence electrons. The number of fused-ring (bicyclic) bond motifs is 2. The van der Waals surface area contributed by atoms with Gasteiger partial charge in [0.25, 0.3) is 0 Å². The zero-order chi connectivity index (χ0) is 28.7. The maximum Gasteiger partial charge on any atom is 0.234 e. The van der Waals surface area contributed by atoms with Crippen molar-refractivity contribution in [2.45, 2.75) is 0 Å². The van der Waals surface area contributed by atoms with Crippen LogP contribution in [0, 0.1) is 0 Å². The van der Waals surface area contributed by atoms with Crippen LogP contribution in [-0.4, -0.2) is 121 Å². The van der Waals surface area contributed by atoms with E-state index in [-0.39, 0.29) is 24.0 Å². The van der Waals surface area contributed by atoms with Gasteiger partial charge in [0.1, 0.15) is 0 Å². The van der Waals surface area contributed by atoms with E-state index in [9.17, 15) is 14.4 Å². The molecule has 1 aliphatic carbocycles. The average molecular weight is 569 g/mol. The Hall–Kier alpha value is -3.19. The molecular weight excluding hydrogens is 528 g/mol. The Morgan fingerprint density at radius 1 is 0.707 bits per heavy atom. The fraction of sp³-hybridized carbons (Fsp3) is 0.500. The normalized spacial score (nSPS) is 18.4. The third-order valence-electron chi connectivity index (χ3n) is 6.78. The van der Waals surface area contributed by atoms with Gasteiger partial charge in [0.15, 0.2) is 11.6 Å². The highest BCUT2D eigenvalue weighted by Gasteiger charge is 2.31. The summed E-state index contributed by atoms with van der Waals surface area (Å²) in [6, 6.07) is 12.1. The molecule has 4 rings (SSSR count). The lowest BCUT2D eigenvalue weighted by molar-refractivity contribution is -0.122. The molecule has 2 aromatic carbocycles. The van der Waals surface area contributed by atoms with Gasteiger partial charge in [-0.15, -0.1) is 0 Å². The van der Waals surface area contributed by atoms with Gasteiger partial charge in [-0.2, -0.15) is 0 Å². The van der Waals surface area contributed by atoms with Gasteiger partial charge in [-0.05, 0) is 6.07 Å². The Balaban J connectivity index is 1.23. The fourth-order valence-corrected chi connectivity index (χ4v) is 4.67. The van der Waals surface area contributed by atoms with E-state index < -0.39 is 0 Å². The second-order valence-electron chi connectivity index (χ2n) is 9.68. The Morgan fingerprint density at radius 2 is 1.29 bits per heavy atom. The van der Waals surface area contributed by atoms with E-state index in [2.05, 4.69) is 16.0 Å². The first-order valence-electron chi connectivity index (χ1n) is 14.2. The Morgan fingerprint density at radius 3 is 1.95 bits per heavy atom. The molecule has 1 fully saturated rings. The SMILES string of the molecule is O=C(CN1CCOCCOCCNCCOCCOCC1)NCCNc1cccc2c1C(=O)c1ccccc1C2=O. The Bertz CT molecular complexity index is 1140. The average Bonchev–Trinajstić information content (AvgIpc) is 2.99. The molecule has 2 aromatic rings. The van der Waals surface area contributed by atoms with Crippen molar-refractivity contribution in [1.82, 2.24) is 15.5 Å². The van der Waals surface area contributed by atoms with Crippen molar-refractivity contribution in [3.8, 4) is 0 Å². The molecule has 3 N–H and O–H groups in total. The van der Waals surface area contributed by atoms with Gasteiger partial charge in [0.05, 0.1) is 65.0 Å². The van der Waals surface area contributed by atoms with Crippen LogP contribution in [-0.2, 0) is 23.7 Å². The molecule has 1 amide bonds. The third kappa shape index (κ3) is 9.42. The highest BCUT2D eigenvalue weighted by atomic mass is 16.5. The molecule has 0 aromatic heterocycles. The number of carbonyl (C=O) groups excluding carboxylic acids is 3. The van der Waals surface area contributed by atoms with Crippen molar-refractivity contribution in [2.75, 3.05) is 104 Å². The number of hydrogen-bond acceptors (Lipinski definition) is 10. The molecule has 0 radical (unpaired) electrons. The maximum absolute atomic E-state index is 13.2. The minimum absolute atomic E-state index is 0.122. The summed E-state index contributed by atoms with van der Waals surface area (Å²) in [6.07, 6.45) is 0. The molecule has 11 heteroatoms. The molecule has 0 saturated carbocycles. The minimum Gasteiger partial charge on any atom is -0.383 e. The number of amides is 1. The minimum atomic E-state index is -0.180. The largest absolute Gasteiger partial charge is 0.383 e. The quantitative estimate of drug-likeness (QED) is 0.370. The van der Waals surface area contributed by atoms with Crippen LogP contribution in [0.2, 0.25) is 0 Å². The Kier molecular flexibility index (Phi) is 12.7. The summed E-state index contributed by atoms with van der Waals surface area (Å²) in [5, 5.41) is 9.40. The molecule has 1 aliphatic heterocycles. The number of carbonyl (C=O) groups is 3. The topological polar surface area (TPSA) is 127 Å². The third-order valence-corrected chi connectivity index (χ3v) is 6.78. The predicted molar refractivity (Wildman–Crippen MR) is 154 cm³/mol. The van der Waals surface area contributed by atoms with E-state index in [1.807, 2.05) is 4.90 Å². The zero-order valence-corrected chi connectivity index (χ0v) is 23.5. The van der Waals surface area contributed by atoms with Crippen molar-refractivity contribution in [1.29, 1.82) is 0 Å². The van der Waals surface area contributed by atoms with Crippen molar-refractivity contribution in [3.63, 3.8) is 0 Å². The number of benzene rings is 2. The lowest BCUT2D eigenvalue weighted by Gasteiger charge is -2.22. The highest BCUT2D eigenvalue weighted by molar-refractivity contribution is 6.30. The van der Waals surface area contributed by atoms with E-state index in [0.717, 1.165) is 13.1 Å². The predicted octanol–water partition coefficient (Wildman–Crippen LogP) is 0.962. The van der Waals surface area contributed by atoms with Gasteiger partial charge in [-0.3, -0.25) is 19.3 Å². The lowest BCUT2D eigenvalue weighted by atomic mass is 9.83. The van der Waals surface area contributed by atoms with E-state index in [0.29, 0.717) is 107 Å². The van der Waals surface area contributed by atoms with Crippen LogP contribution in [0.1, 0.15) is 31.8 Å². The van der Waals surface area contributed by atoms with E-state index in [4.69, 9.17) is 18.9 Å². The smallest absolute Gasteiger partial charge is 0.234 e. The zero-order valence-electron chi connectivity index (χ0n) is 23.5. The maximum atomic E-state index is 13.2. The monoisotopic (exact) mass is 568 g/mol. The van der Waals surface area contributed by atoms with Crippen LogP contribution >= 0.6 is 0 Å². The highest BCUT2D eigenvalue weighted by Crippen LogP contribution is 2.31. The number of ether oxygens (including phenoxy) is 4. The number of anilines is 1. The summed E-state index contributed by atoms with van der Waals surface area (Å²) in [4.78, 5) is 40.8. The summed E-state index contributed by atoms with van der Waals surface area (Å²) in [5.74, 6) is -0.462. The lowest BCUT2D eigenvalue weighted by Crippen LogP contribution is -2.41. The van der Waals surface area contributed by atoms with Gasteiger partial charge in [0.2, 0.25) is 5.91 Å². The van der Waals surface area contributed by atoms with E-state index in [1.54, 1.807) is 42.5 Å². The number of hydrogen-bond donors (Lipinski definition) is 3. The first-order chi connectivity index (χ1) is 20.1. The van der Waals surface area contributed by atoms with Crippen LogP contribution in [0.3, 0.4) is 0 Å². The summed E-state index contributed by atoms with van der Waals surface area (Å²) >= 11 is 0. The fourth-order valence-electron chi connectivity index (χ4n) is 4.67. The molecule has 0 spiro atoms. The molecule has 1 heterocycles. The number of ketones is 2. The molecule has 2 aliphatic rings. The number of rotatable bonds is 6. The van der Waals surface area contributed by atoms with E-state index >= 15 is 0 Å². The van der Waals surface area contributed by atoms with Crippen molar-refractivity contribution < 1.29 is 33.3 Å². The number of nitrogens with zero attached hydrogens (tertiary/aromatic N) is 1. The van der Waals surface area contributed by atoms with Gasteiger partial charge in [-0.1, -0.05) is 36.4 Å². The molecule has 0 unspecified atom stereocenters. The molecule has 0 bridgehead atoms. The molecule has 1 saturated heterocycles. The molecule has 0 atom stereocenters. The first kappa shape index (κ1) is 30.8. The van der Waals surface area contributed by atoms with Crippen LogP contribution in [0.15, 0.2) is 42.5 Å².